The van der Waals surface area contributed by atoms with Gasteiger partial charge in [0.05, 0.1) is 12.4 Å². The van der Waals surface area contributed by atoms with E-state index in [9.17, 15) is 4.79 Å². The summed E-state index contributed by atoms with van der Waals surface area (Å²) in [6.07, 6.45) is 0.742. The molecule has 2 aromatic carbocycles. The van der Waals surface area contributed by atoms with Gasteiger partial charge in [-0.15, -0.1) is 10.2 Å². The topological polar surface area (TPSA) is 95.1 Å². The van der Waals surface area contributed by atoms with Gasteiger partial charge >= 0.3 is 0 Å². The van der Waals surface area contributed by atoms with Gasteiger partial charge in [0.1, 0.15) is 5.75 Å². The molecule has 1 unspecified atom stereocenters. The number of amides is 1. The van der Waals surface area contributed by atoms with Crippen LogP contribution >= 0.6 is 27.7 Å². The van der Waals surface area contributed by atoms with Crippen molar-refractivity contribution in [2.45, 2.75) is 23.8 Å². The molecule has 0 saturated heterocycles. The third-order valence-corrected chi connectivity index (χ3v) is 6.05. The zero-order valence-corrected chi connectivity index (χ0v) is 18.5. The number of nitrogens with one attached hydrogen (secondary N) is 1. The minimum atomic E-state index is -0.357. The van der Waals surface area contributed by atoms with Crippen molar-refractivity contribution in [1.29, 1.82) is 0 Å². The molecule has 29 heavy (non-hydrogen) atoms. The van der Waals surface area contributed by atoms with Gasteiger partial charge in [0, 0.05) is 16.6 Å². The van der Waals surface area contributed by atoms with E-state index in [1.165, 1.54) is 16.4 Å². The van der Waals surface area contributed by atoms with Gasteiger partial charge in [-0.2, -0.15) is 0 Å². The highest BCUT2D eigenvalue weighted by Gasteiger charge is 2.20. The average Bonchev–Trinajstić information content (AvgIpc) is 3.08. The number of thioether (sulfide) groups is 1. The van der Waals surface area contributed by atoms with Crippen molar-refractivity contribution in [3.8, 4) is 17.1 Å². The maximum absolute atomic E-state index is 12.4. The smallest absolute Gasteiger partial charge is 0.233 e. The van der Waals surface area contributed by atoms with Gasteiger partial charge in [-0.05, 0) is 43.2 Å². The van der Waals surface area contributed by atoms with Crippen LogP contribution in [0.1, 0.15) is 12.5 Å². The summed E-state index contributed by atoms with van der Waals surface area (Å²) in [6, 6.07) is 15.4. The Bertz CT molecular complexity index is 977. The Morgan fingerprint density at radius 2 is 1.97 bits per heavy atom. The second-order valence-corrected chi connectivity index (χ2v) is 8.47. The fraction of sp³-hybridized carbons (Fsp3) is 0.250. The van der Waals surface area contributed by atoms with Gasteiger partial charge in [-0.1, -0.05) is 52.0 Å². The van der Waals surface area contributed by atoms with Gasteiger partial charge < -0.3 is 15.9 Å². The summed E-state index contributed by atoms with van der Waals surface area (Å²) < 4.78 is 7.43. The van der Waals surface area contributed by atoms with E-state index in [4.69, 9.17) is 10.6 Å². The molecule has 1 heterocycles. The fourth-order valence-electron chi connectivity index (χ4n) is 2.66. The van der Waals surface area contributed by atoms with Crippen LogP contribution in [-0.4, -0.2) is 39.7 Å². The molecular weight excluding hydrogens is 454 g/mol. The SMILES string of the molecule is COc1ccc(CCNC(=O)C(C)Sc2nnc(-c3ccccc3Br)n2N)cc1. The Labute approximate surface area is 182 Å². The number of aromatic nitrogens is 3. The summed E-state index contributed by atoms with van der Waals surface area (Å²) in [6.45, 7) is 2.37. The molecule has 0 aliphatic rings. The molecule has 0 aliphatic heterocycles. The van der Waals surface area contributed by atoms with Crippen LogP contribution in [0.25, 0.3) is 11.4 Å². The van der Waals surface area contributed by atoms with E-state index in [0.717, 1.165) is 27.8 Å². The first-order valence-corrected chi connectivity index (χ1v) is 10.7. The predicted molar refractivity (Wildman–Crippen MR) is 118 cm³/mol. The molecule has 152 valence electrons. The number of nitrogen functional groups attached to an aromatic ring is 1. The minimum Gasteiger partial charge on any atom is -0.497 e. The third kappa shape index (κ3) is 5.30. The van der Waals surface area contributed by atoms with Crippen LogP contribution in [0, 0.1) is 0 Å². The van der Waals surface area contributed by atoms with Crippen molar-refractivity contribution in [1.82, 2.24) is 20.2 Å². The first-order valence-electron chi connectivity index (χ1n) is 9.02. The molecule has 3 aromatic rings. The molecule has 1 amide bonds. The summed E-state index contributed by atoms with van der Waals surface area (Å²) in [5.74, 6) is 7.44. The van der Waals surface area contributed by atoms with Gasteiger partial charge in [0.15, 0.2) is 5.82 Å². The molecule has 0 aliphatic carbocycles. The monoisotopic (exact) mass is 475 g/mol. The quantitative estimate of drug-likeness (QED) is 0.383. The van der Waals surface area contributed by atoms with E-state index in [1.807, 2.05) is 55.5 Å². The molecule has 0 bridgehead atoms. The Balaban J connectivity index is 1.55. The lowest BCUT2D eigenvalue weighted by Gasteiger charge is -2.12. The number of ether oxygens (including phenoxy) is 1. The first-order chi connectivity index (χ1) is 14.0. The highest BCUT2D eigenvalue weighted by atomic mass is 79.9. The van der Waals surface area contributed by atoms with Crippen molar-refractivity contribution in [2.75, 3.05) is 19.5 Å². The number of methoxy groups -OCH3 is 1. The van der Waals surface area contributed by atoms with E-state index in [-0.39, 0.29) is 11.2 Å². The molecule has 7 nitrogen and oxygen atoms in total. The summed E-state index contributed by atoms with van der Waals surface area (Å²) >= 11 is 4.76. The van der Waals surface area contributed by atoms with Gasteiger partial charge in [0.25, 0.3) is 0 Å². The van der Waals surface area contributed by atoms with Gasteiger partial charge in [0.2, 0.25) is 11.1 Å². The van der Waals surface area contributed by atoms with Crippen LogP contribution in [0.5, 0.6) is 5.75 Å². The van der Waals surface area contributed by atoms with Crippen molar-refractivity contribution < 1.29 is 9.53 Å². The number of hydrogen-bond acceptors (Lipinski definition) is 6. The standard InChI is InChI=1S/C20H22BrN5O2S/c1-13(19(27)23-12-11-14-7-9-15(28-2)10-8-14)29-20-25-24-18(26(20)22)16-5-3-4-6-17(16)21/h3-10,13H,11-12,22H2,1-2H3,(H,23,27). The summed E-state index contributed by atoms with van der Waals surface area (Å²) in [5, 5.41) is 11.4. The second-order valence-electron chi connectivity index (χ2n) is 6.31. The Morgan fingerprint density at radius 3 is 2.66 bits per heavy atom. The molecule has 0 saturated carbocycles. The second kappa shape index (κ2) is 9.80. The Hall–Kier alpha value is -2.52. The highest BCUT2D eigenvalue weighted by Crippen LogP contribution is 2.29. The zero-order chi connectivity index (χ0) is 20.8. The number of carbonyl (C=O) groups excluding carboxylic acids is 1. The molecule has 1 aromatic heterocycles. The molecule has 0 spiro atoms. The van der Waals surface area contributed by atoms with Crippen molar-refractivity contribution in [3.63, 3.8) is 0 Å². The van der Waals surface area contributed by atoms with E-state index in [2.05, 4.69) is 31.4 Å². The van der Waals surface area contributed by atoms with Crippen LogP contribution < -0.4 is 15.9 Å². The number of hydrogen-bond donors (Lipinski definition) is 2. The number of nitrogens with zero attached hydrogens (tertiary/aromatic N) is 3. The Kier molecular flexibility index (Phi) is 7.16. The maximum Gasteiger partial charge on any atom is 0.233 e. The van der Waals surface area contributed by atoms with Crippen LogP contribution in [0.2, 0.25) is 0 Å². The summed E-state index contributed by atoms with van der Waals surface area (Å²) in [7, 11) is 1.64. The van der Waals surface area contributed by atoms with E-state index >= 15 is 0 Å². The number of rotatable bonds is 8. The lowest BCUT2D eigenvalue weighted by molar-refractivity contribution is -0.120. The van der Waals surface area contributed by atoms with Crippen molar-refractivity contribution in [2.24, 2.45) is 0 Å². The van der Waals surface area contributed by atoms with Crippen LogP contribution in [0.15, 0.2) is 58.2 Å². The lowest BCUT2D eigenvalue weighted by atomic mass is 10.1. The maximum atomic E-state index is 12.4. The molecule has 9 heteroatoms. The normalized spacial score (nSPS) is 11.8. The number of carbonyl (C=O) groups is 1. The fourth-order valence-corrected chi connectivity index (χ4v) is 3.92. The van der Waals surface area contributed by atoms with Gasteiger partial charge in [-0.3, -0.25) is 4.79 Å². The predicted octanol–water partition coefficient (Wildman–Crippen LogP) is 3.27. The first kappa shape index (κ1) is 21.2. The Morgan fingerprint density at radius 1 is 1.24 bits per heavy atom. The summed E-state index contributed by atoms with van der Waals surface area (Å²) in [4.78, 5) is 12.4. The molecule has 3 N–H and O–H groups in total. The van der Waals surface area contributed by atoms with Crippen molar-refractivity contribution in [3.05, 3.63) is 58.6 Å². The van der Waals surface area contributed by atoms with Gasteiger partial charge in [-0.25, -0.2) is 4.68 Å². The van der Waals surface area contributed by atoms with Crippen LogP contribution in [0.3, 0.4) is 0 Å². The number of nitrogens with two attached hydrogens (primary N) is 1. The average molecular weight is 476 g/mol. The largest absolute Gasteiger partial charge is 0.497 e. The van der Waals surface area contributed by atoms with E-state index in [1.54, 1.807) is 7.11 Å². The van der Waals surface area contributed by atoms with E-state index in [0.29, 0.717) is 17.5 Å². The third-order valence-electron chi connectivity index (χ3n) is 4.30. The minimum absolute atomic E-state index is 0.0750. The van der Waals surface area contributed by atoms with Crippen LogP contribution in [0.4, 0.5) is 0 Å². The molecule has 0 fully saturated rings. The zero-order valence-electron chi connectivity index (χ0n) is 16.1. The molecule has 0 radical (unpaired) electrons. The summed E-state index contributed by atoms with van der Waals surface area (Å²) in [5.41, 5.74) is 1.97. The highest BCUT2D eigenvalue weighted by molar-refractivity contribution is 9.10. The molecule has 3 rings (SSSR count). The van der Waals surface area contributed by atoms with E-state index < -0.39 is 0 Å². The lowest BCUT2D eigenvalue weighted by Crippen LogP contribution is -2.32. The molecule has 1 atom stereocenters. The van der Waals surface area contributed by atoms with Crippen molar-refractivity contribution >= 4 is 33.6 Å². The number of halogens is 1. The number of benzene rings is 2. The van der Waals surface area contributed by atoms with Crippen LogP contribution in [-0.2, 0) is 11.2 Å². The molecular formula is C20H22BrN5O2S.